The first-order chi connectivity index (χ1) is 8.65. The lowest BCUT2D eigenvalue weighted by Crippen LogP contribution is -2.55. The fourth-order valence-electron chi connectivity index (χ4n) is 2.03. The second-order valence-electron chi connectivity index (χ2n) is 4.71. The van der Waals surface area contributed by atoms with Gasteiger partial charge in [0, 0.05) is 37.6 Å². The maximum Gasteiger partial charge on any atom is 0.240 e. The Bertz CT molecular complexity index is 397. The summed E-state index contributed by atoms with van der Waals surface area (Å²) < 4.78 is 0. The lowest BCUT2D eigenvalue weighted by atomic mass is 10.1. The highest BCUT2D eigenvalue weighted by atomic mass is 16.2. The van der Waals surface area contributed by atoms with E-state index < -0.39 is 0 Å². The van der Waals surface area contributed by atoms with Crippen molar-refractivity contribution in [3.8, 4) is 0 Å². The van der Waals surface area contributed by atoms with Crippen LogP contribution in [0.3, 0.4) is 0 Å². The van der Waals surface area contributed by atoms with Crippen molar-refractivity contribution in [3.63, 3.8) is 0 Å². The Hall–Kier alpha value is -1.53. The van der Waals surface area contributed by atoms with Crippen LogP contribution in [-0.4, -0.2) is 52.5 Å². The molecule has 2 N–H and O–H groups in total. The van der Waals surface area contributed by atoms with Crippen molar-refractivity contribution in [1.82, 2.24) is 20.2 Å². The zero-order chi connectivity index (χ0) is 13.0. The predicted octanol–water partition coefficient (Wildman–Crippen LogP) is 0.0973. The Morgan fingerprint density at radius 3 is 2.94 bits per heavy atom. The monoisotopic (exact) mass is 249 g/mol. The third kappa shape index (κ3) is 3.48. The van der Waals surface area contributed by atoms with Crippen LogP contribution in [0.2, 0.25) is 0 Å². The van der Waals surface area contributed by atoms with Gasteiger partial charge in [0.2, 0.25) is 11.9 Å². The lowest BCUT2D eigenvalue weighted by molar-refractivity contribution is -0.118. The van der Waals surface area contributed by atoms with Gasteiger partial charge in [0.15, 0.2) is 0 Å². The zero-order valence-corrected chi connectivity index (χ0v) is 10.8. The van der Waals surface area contributed by atoms with Crippen LogP contribution in [0.4, 0.5) is 5.95 Å². The van der Waals surface area contributed by atoms with Gasteiger partial charge in [-0.25, -0.2) is 9.97 Å². The standard InChI is InChI=1S/C12H19N5O/c1-9-7-17(10(2)6-15-9)8-11(18)16-12-13-4-3-5-14-12/h3-5,9-10,15H,6-8H2,1-2H3,(H,13,14,16,18). The molecular formula is C12H19N5O. The van der Waals surface area contributed by atoms with Crippen molar-refractivity contribution in [3.05, 3.63) is 18.5 Å². The molecule has 0 saturated carbocycles. The number of rotatable bonds is 3. The summed E-state index contributed by atoms with van der Waals surface area (Å²) in [5, 5.41) is 6.09. The SMILES string of the molecule is CC1CN(CC(=O)Nc2ncccn2)C(C)CN1. The number of hydrogen-bond acceptors (Lipinski definition) is 5. The summed E-state index contributed by atoms with van der Waals surface area (Å²) in [6.07, 6.45) is 3.22. The van der Waals surface area contributed by atoms with E-state index in [0.717, 1.165) is 13.1 Å². The molecule has 0 spiro atoms. The molecule has 0 bridgehead atoms. The first-order valence-corrected chi connectivity index (χ1v) is 6.19. The Morgan fingerprint density at radius 2 is 2.22 bits per heavy atom. The number of nitrogens with one attached hydrogen (secondary N) is 2. The maximum absolute atomic E-state index is 11.9. The molecule has 0 radical (unpaired) electrons. The van der Waals surface area contributed by atoms with E-state index in [9.17, 15) is 4.79 Å². The van der Waals surface area contributed by atoms with Gasteiger partial charge < -0.3 is 5.32 Å². The van der Waals surface area contributed by atoms with E-state index in [4.69, 9.17) is 0 Å². The Morgan fingerprint density at radius 1 is 1.50 bits per heavy atom. The van der Waals surface area contributed by atoms with Crippen LogP contribution in [0.15, 0.2) is 18.5 Å². The molecule has 1 saturated heterocycles. The van der Waals surface area contributed by atoms with Crippen LogP contribution in [0, 0.1) is 0 Å². The summed E-state index contributed by atoms with van der Waals surface area (Å²) in [6, 6.07) is 2.50. The van der Waals surface area contributed by atoms with Crippen LogP contribution in [0.5, 0.6) is 0 Å². The molecule has 98 valence electrons. The molecule has 0 aliphatic carbocycles. The summed E-state index contributed by atoms with van der Waals surface area (Å²) in [5.41, 5.74) is 0. The van der Waals surface area contributed by atoms with Crippen molar-refractivity contribution < 1.29 is 4.79 Å². The van der Waals surface area contributed by atoms with Crippen LogP contribution < -0.4 is 10.6 Å². The van der Waals surface area contributed by atoms with E-state index in [1.54, 1.807) is 18.5 Å². The second-order valence-corrected chi connectivity index (χ2v) is 4.71. The molecule has 1 aromatic heterocycles. The van der Waals surface area contributed by atoms with E-state index in [0.29, 0.717) is 24.6 Å². The fraction of sp³-hybridized carbons (Fsp3) is 0.583. The van der Waals surface area contributed by atoms with Gasteiger partial charge in [-0.15, -0.1) is 0 Å². The molecule has 18 heavy (non-hydrogen) atoms. The number of carbonyl (C=O) groups excluding carboxylic acids is 1. The summed E-state index contributed by atoms with van der Waals surface area (Å²) >= 11 is 0. The minimum Gasteiger partial charge on any atom is -0.311 e. The Labute approximate surface area is 107 Å². The third-order valence-corrected chi connectivity index (χ3v) is 3.06. The quantitative estimate of drug-likeness (QED) is 0.795. The van der Waals surface area contributed by atoms with Crippen LogP contribution in [0.25, 0.3) is 0 Å². The van der Waals surface area contributed by atoms with Crippen molar-refractivity contribution in [2.75, 3.05) is 25.0 Å². The highest BCUT2D eigenvalue weighted by Crippen LogP contribution is 2.06. The van der Waals surface area contributed by atoms with Crippen LogP contribution >= 0.6 is 0 Å². The van der Waals surface area contributed by atoms with E-state index in [1.165, 1.54) is 0 Å². The van der Waals surface area contributed by atoms with Gasteiger partial charge in [-0.05, 0) is 19.9 Å². The third-order valence-electron chi connectivity index (χ3n) is 3.06. The Balaban J connectivity index is 1.87. The number of amides is 1. The van der Waals surface area contributed by atoms with E-state index in [-0.39, 0.29) is 5.91 Å². The molecule has 6 heteroatoms. The van der Waals surface area contributed by atoms with Crippen molar-refractivity contribution >= 4 is 11.9 Å². The van der Waals surface area contributed by atoms with Crippen LogP contribution in [-0.2, 0) is 4.79 Å². The molecule has 1 aliphatic rings. The van der Waals surface area contributed by atoms with Crippen LogP contribution in [0.1, 0.15) is 13.8 Å². The molecule has 2 rings (SSSR count). The Kier molecular flexibility index (Phi) is 4.22. The maximum atomic E-state index is 11.9. The van der Waals surface area contributed by atoms with Gasteiger partial charge in [-0.3, -0.25) is 15.0 Å². The minimum absolute atomic E-state index is 0.0675. The smallest absolute Gasteiger partial charge is 0.240 e. The topological polar surface area (TPSA) is 70.2 Å². The molecule has 1 fully saturated rings. The molecular weight excluding hydrogens is 230 g/mol. The van der Waals surface area contributed by atoms with Gasteiger partial charge >= 0.3 is 0 Å². The molecule has 2 unspecified atom stereocenters. The normalized spacial score (nSPS) is 24.8. The first-order valence-electron chi connectivity index (χ1n) is 6.19. The molecule has 0 aromatic carbocycles. The molecule has 2 atom stereocenters. The summed E-state index contributed by atoms with van der Waals surface area (Å²) in [7, 11) is 0. The average molecular weight is 249 g/mol. The van der Waals surface area contributed by atoms with Crippen molar-refractivity contribution in [2.24, 2.45) is 0 Å². The fourth-order valence-corrected chi connectivity index (χ4v) is 2.03. The summed E-state index contributed by atoms with van der Waals surface area (Å²) in [4.78, 5) is 22.0. The highest BCUT2D eigenvalue weighted by Gasteiger charge is 2.24. The first kappa shape index (κ1) is 12.9. The number of aromatic nitrogens is 2. The van der Waals surface area contributed by atoms with Gasteiger partial charge in [-0.1, -0.05) is 0 Å². The van der Waals surface area contributed by atoms with Gasteiger partial charge in [0.25, 0.3) is 0 Å². The van der Waals surface area contributed by atoms with Gasteiger partial charge in [0.05, 0.1) is 6.54 Å². The van der Waals surface area contributed by atoms with Gasteiger partial charge in [-0.2, -0.15) is 0 Å². The second kappa shape index (κ2) is 5.88. The van der Waals surface area contributed by atoms with Crippen molar-refractivity contribution in [1.29, 1.82) is 0 Å². The predicted molar refractivity (Wildman–Crippen MR) is 69.2 cm³/mol. The van der Waals surface area contributed by atoms with Crippen molar-refractivity contribution in [2.45, 2.75) is 25.9 Å². The zero-order valence-electron chi connectivity index (χ0n) is 10.8. The van der Waals surface area contributed by atoms with E-state index in [2.05, 4.69) is 39.3 Å². The summed E-state index contributed by atoms with van der Waals surface area (Å²) in [5.74, 6) is 0.292. The molecule has 1 aromatic rings. The number of nitrogens with zero attached hydrogens (tertiary/aromatic N) is 3. The number of carbonyl (C=O) groups is 1. The molecule has 1 aliphatic heterocycles. The largest absolute Gasteiger partial charge is 0.311 e. The van der Waals surface area contributed by atoms with Gasteiger partial charge in [0.1, 0.15) is 0 Å². The minimum atomic E-state index is -0.0675. The molecule has 1 amide bonds. The number of hydrogen-bond donors (Lipinski definition) is 2. The number of piperazine rings is 1. The summed E-state index contributed by atoms with van der Waals surface area (Å²) in [6.45, 7) is 6.41. The van der Waals surface area contributed by atoms with E-state index in [1.807, 2.05) is 0 Å². The lowest BCUT2D eigenvalue weighted by Gasteiger charge is -2.36. The molecule has 6 nitrogen and oxygen atoms in total. The number of anilines is 1. The highest BCUT2D eigenvalue weighted by molar-refractivity contribution is 5.90. The van der Waals surface area contributed by atoms with E-state index >= 15 is 0 Å². The molecule has 2 heterocycles. The average Bonchev–Trinajstić information content (AvgIpc) is 2.35.